The number of amides is 2. The van der Waals surface area contributed by atoms with E-state index in [1.54, 1.807) is 27.9 Å². The highest BCUT2D eigenvalue weighted by atomic mass is 16.2. The van der Waals surface area contributed by atoms with E-state index in [2.05, 4.69) is 15.6 Å². The van der Waals surface area contributed by atoms with Crippen molar-refractivity contribution in [1.29, 1.82) is 0 Å². The number of rotatable bonds is 4. The van der Waals surface area contributed by atoms with Crippen LogP contribution in [0.2, 0.25) is 0 Å². The van der Waals surface area contributed by atoms with Gasteiger partial charge in [-0.2, -0.15) is 0 Å². The molecule has 1 fully saturated rings. The molecule has 2 amide bonds. The van der Waals surface area contributed by atoms with Crippen LogP contribution in [0.15, 0.2) is 60.8 Å². The van der Waals surface area contributed by atoms with E-state index < -0.39 is 0 Å². The third-order valence-corrected chi connectivity index (χ3v) is 5.16. The molecule has 7 nitrogen and oxygen atoms in total. The van der Waals surface area contributed by atoms with Gasteiger partial charge >= 0.3 is 0 Å². The molecule has 1 aromatic heterocycles. The summed E-state index contributed by atoms with van der Waals surface area (Å²) in [5.41, 5.74) is 3.01. The van der Waals surface area contributed by atoms with Crippen molar-refractivity contribution in [3.05, 3.63) is 77.6 Å². The lowest BCUT2D eigenvalue weighted by Crippen LogP contribution is -2.46. The normalized spacial score (nSPS) is 14.6. The van der Waals surface area contributed by atoms with Crippen molar-refractivity contribution in [2.75, 3.05) is 13.1 Å². The van der Waals surface area contributed by atoms with Crippen LogP contribution in [0.5, 0.6) is 0 Å². The second-order valence-corrected chi connectivity index (χ2v) is 7.29. The Balaban J connectivity index is 1.33. The zero-order chi connectivity index (χ0) is 20.2. The summed E-state index contributed by atoms with van der Waals surface area (Å²) in [7, 11) is 0. The van der Waals surface area contributed by atoms with Gasteiger partial charge in [-0.05, 0) is 44.0 Å². The van der Waals surface area contributed by atoms with Crippen LogP contribution in [0.1, 0.15) is 39.3 Å². The summed E-state index contributed by atoms with van der Waals surface area (Å²) in [4.78, 5) is 26.8. The first-order valence-corrected chi connectivity index (χ1v) is 9.75. The molecule has 7 heteroatoms. The van der Waals surface area contributed by atoms with Crippen molar-refractivity contribution < 1.29 is 9.59 Å². The van der Waals surface area contributed by atoms with Gasteiger partial charge in [0.1, 0.15) is 0 Å². The largest absolute Gasteiger partial charge is 0.349 e. The first kappa shape index (κ1) is 18.9. The monoisotopic (exact) mass is 389 g/mol. The number of benzene rings is 2. The number of piperidine rings is 1. The van der Waals surface area contributed by atoms with Crippen molar-refractivity contribution in [1.82, 2.24) is 25.2 Å². The van der Waals surface area contributed by atoms with Gasteiger partial charge in [-0.15, -0.1) is 5.10 Å². The third-order valence-electron chi connectivity index (χ3n) is 5.16. The molecule has 0 radical (unpaired) electrons. The number of carbonyl (C=O) groups excluding carboxylic acids is 2. The summed E-state index contributed by atoms with van der Waals surface area (Å²) in [6.45, 7) is 3.18. The fourth-order valence-electron chi connectivity index (χ4n) is 3.43. The van der Waals surface area contributed by atoms with Gasteiger partial charge in [-0.1, -0.05) is 41.1 Å². The number of hydrogen-bond acceptors (Lipinski definition) is 4. The Hall–Kier alpha value is -3.48. The SMILES string of the molecule is Cc1ccc(-n2cc(C(=O)N3CCC(NC(=O)c4ccccc4)CC3)nn2)cc1. The van der Waals surface area contributed by atoms with Gasteiger partial charge in [0, 0.05) is 24.7 Å². The fraction of sp³-hybridized carbons (Fsp3) is 0.273. The van der Waals surface area contributed by atoms with Crippen molar-refractivity contribution in [2.45, 2.75) is 25.8 Å². The van der Waals surface area contributed by atoms with Crippen LogP contribution in [0, 0.1) is 6.92 Å². The van der Waals surface area contributed by atoms with E-state index in [0.717, 1.165) is 24.1 Å². The number of hydrogen-bond donors (Lipinski definition) is 1. The maximum Gasteiger partial charge on any atom is 0.276 e. The van der Waals surface area contributed by atoms with Gasteiger partial charge in [0.15, 0.2) is 5.69 Å². The van der Waals surface area contributed by atoms with Gasteiger partial charge in [0.25, 0.3) is 11.8 Å². The summed E-state index contributed by atoms with van der Waals surface area (Å²) in [6.07, 6.45) is 3.10. The van der Waals surface area contributed by atoms with Gasteiger partial charge in [-0.25, -0.2) is 4.68 Å². The Kier molecular flexibility index (Phi) is 5.37. The van der Waals surface area contributed by atoms with Crippen molar-refractivity contribution in [3.63, 3.8) is 0 Å². The average molecular weight is 389 g/mol. The molecule has 0 spiro atoms. The minimum absolute atomic E-state index is 0.0648. The molecule has 0 unspecified atom stereocenters. The molecule has 1 saturated heterocycles. The molecule has 4 rings (SSSR count). The van der Waals surface area contributed by atoms with Gasteiger partial charge in [0.05, 0.1) is 11.9 Å². The molecule has 0 aliphatic carbocycles. The topological polar surface area (TPSA) is 80.1 Å². The maximum atomic E-state index is 12.8. The second-order valence-electron chi connectivity index (χ2n) is 7.29. The van der Waals surface area contributed by atoms with Gasteiger partial charge in [-0.3, -0.25) is 9.59 Å². The standard InChI is InChI=1S/C22H23N5O2/c1-16-7-9-19(10-8-16)27-15-20(24-25-27)22(29)26-13-11-18(12-14-26)23-21(28)17-5-3-2-4-6-17/h2-10,15,18H,11-14H2,1H3,(H,23,28). The lowest BCUT2D eigenvalue weighted by atomic mass is 10.0. The smallest absolute Gasteiger partial charge is 0.276 e. The maximum absolute atomic E-state index is 12.8. The summed E-state index contributed by atoms with van der Waals surface area (Å²) < 4.78 is 1.61. The number of nitrogens with one attached hydrogen (secondary N) is 1. The molecule has 1 N–H and O–H groups in total. The van der Waals surface area contributed by atoms with Crippen LogP contribution in [0.3, 0.4) is 0 Å². The zero-order valence-electron chi connectivity index (χ0n) is 16.3. The molecule has 148 valence electrons. The number of nitrogens with zero attached hydrogens (tertiary/aromatic N) is 4. The van der Waals surface area contributed by atoms with Crippen LogP contribution < -0.4 is 5.32 Å². The minimum Gasteiger partial charge on any atom is -0.349 e. The molecule has 1 aliphatic rings. The molecule has 0 saturated carbocycles. The molecule has 0 atom stereocenters. The first-order valence-electron chi connectivity index (χ1n) is 9.75. The van der Waals surface area contributed by atoms with Crippen LogP contribution >= 0.6 is 0 Å². The predicted molar refractivity (Wildman–Crippen MR) is 109 cm³/mol. The highest BCUT2D eigenvalue weighted by Crippen LogP contribution is 2.15. The van der Waals surface area contributed by atoms with Gasteiger partial charge in [0.2, 0.25) is 0 Å². The Morgan fingerprint density at radius 2 is 1.69 bits per heavy atom. The quantitative estimate of drug-likeness (QED) is 0.744. The minimum atomic E-state index is -0.129. The predicted octanol–water partition coefficient (Wildman–Crippen LogP) is 2.61. The molecule has 1 aliphatic heterocycles. The summed E-state index contributed by atoms with van der Waals surface area (Å²) >= 11 is 0. The summed E-state index contributed by atoms with van der Waals surface area (Å²) in [5, 5.41) is 11.2. The molecule has 2 heterocycles. The van der Waals surface area contributed by atoms with Crippen LogP contribution in [0.4, 0.5) is 0 Å². The van der Waals surface area contributed by atoms with E-state index in [1.165, 1.54) is 0 Å². The Morgan fingerprint density at radius 3 is 2.38 bits per heavy atom. The summed E-state index contributed by atoms with van der Waals surface area (Å²) in [6, 6.07) is 17.1. The highest BCUT2D eigenvalue weighted by Gasteiger charge is 2.26. The fourth-order valence-corrected chi connectivity index (χ4v) is 3.43. The van der Waals surface area contributed by atoms with E-state index in [4.69, 9.17) is 0 Å². The van der Waals surface area contributed by atoms with Crippen LogP contribution in [0.25, 0.3) is 5.69 Å². The lowest BCUT2D eigenvalue weighted by molar-refractivity contribution is 0.0692. The molecule has 2 aromatic carbocycles. The number of aromatic nitrogens is 3. The van der Waals surface area contributed by atoms with E-state index in [-0.39, 0.29) is 17.9 Å². The van der Waals surface area contributed by atoms with Crippen molar-refractivity contribution in [3.8, 4) is 5.69 Å². The lowest BCUT2D eigenvalue weighted by Gasteiger charge is -2.31. The Labute approximate surface area is 169 Å². The number of carbonyl (C=O) groups is 2. The average Bonchev–Trinajstić information content (AvgIpc) is 3.25. The molecular weight excluding hydrogens is 366 g/mol. The summed E-state index contributed by atoms with van der Waals surface area (Å²) in [5.74, 6) is -0.201. The van der Waals surface area contributed by atoms with E-state index in [0.29, 0.717) is 24.3 Å². The molecule has 3 aromatic rings. The first-order chi connectivity index (χ1) is 14.1. The van der Waals surface area contributed by atoms with E-state index >= 15 is 0 Å². The Bertz CT molecular complexity index is 990. The van der Waals surface area contributed by atoms with E-state index in [9.17, 15) is 9.59 Å². The number of aryl methyl sites for hydroxylation is 1. The Morgan fingerprint density at radius 1 is 1.00 bits per heavy atom. The van der Waals surface area contributed by atoms with Crippen molar-refractivity contribution in [2.24, 2.45) is 0 Å². The van der Waals surface area contributed by atoms with Crippen molar-refractivity contribution >= 4 is 11.8 Å². The third kappa shape index (κ3) is 4.34. The molecule has 0 bridgehead atoms. The molecular formula is C22H23N5O2. The van der Waals surface area contributed by atoms with Crippen LogP contribution in [-0.2, 0) is 0 Å². The number of likely N-dealkylation sites (tertiary alicyclic amines) is 1. The van der Waals surface area contributed by atoms with Crippen LogP contribution in [-0.4, -0.2) is 50.8 Å². The highest BCUT2D eigenvalue weighted by molar-refractivity contribution is 5.94. The molecule has 29 heavy (non-hydrogen) atoms. The van der Waals surface area contributed by atoms with E-state index in [1.807, 2.05) is 49.4 Å². The zero-order valence-corrected chi connectivity index (χ0v) is 16.3. The van der Waals surface area contributed by atoms with Gasteiger partial charge < -0.3 is 10.2 Å². The second kappa shape index (κ2) is 8.26.